The summed E-state index contributed by atoms with van der Waals surface area (Å²) >= 11 is 0. The highest BCUT2D eigenvalue weighted by molar-refractivity contribution is 5.74. The zero-order valence-electron chi connectivity index (χ0n) is 17.6. The largest absolute Gasteiger partial charge is 0.496 e. The van der Waals surface area contributed by atoms with E-state index in [2.05, 4.69) is 0 Å². The van der Waals surface area contributed by atoms with E-state index in [9.17, 15) is 27.5 Å². The lowest BCUT2D eigenvalue weighted by Gasteiger charge is -2.43. The number of aliphatic hydroxyl groups is 1. The number of carbonyl (C=O) groups excluding carboxylic acids is 1. The summed E-state index contributed by atoms with van der Waals surface area (Å²) in [5.74, 6) is -0.411. The maximum Gasteiger partial charge on any atom is 0.418 e. The number of methoxy groups -OCH3 is 1. The van der Waals surface area contributed by atoms with Crippen LogP contribution in [0.2, 0.25) is 0 Å². The molecule has 0 saturated carbocycles. The quantitative estimate of drug-likeness (QED) is 0.702. The van der Waals surface area contributed by atoms with Crippen molar-refractivity contribution in [3.63, 3.8) is 0 Å². The first-order chi connectivity index (χ1) is 13.8. The molecule has 1 unspecified atom stereocenters. The molecule has 2 aliphatic rings. The molecule has 1 aromatic rings. The minimum Gasteiger partial charge on any atom is -0.496 e. The molecule has 2 aliphatic heterocycles. The van der Waals surface area contributed by atoms with Gasteiger partial charge in [-0.2, -0.15) is 13.2 Å². The Labute approximate surface area is 173 Å². The molecular weight excluding hydrogens is 404 g/mol. The Bertz CT molecular complexity index is 814. The zero-order valence-corrected chi connectivity index (χ0v) is 17.6. The standard InChI is InChI=1S/C21H28F4N2O3/c1-13(28)27-10-15-8-16(27)9-26(15)12-20(29,21(23,24)25)11-19(2,3)17-7-14(22)5-6-18(17)30-4/h5-7,15-16,29H,8-12H2,1-4H3/t15-,16-,20?/m1/s1. The molecular formula is C21H28F4N2O3. The molecule has 9 heteroatoms. The number of rotatable bonds is 6. The molecule has 5 nitrogen and oxygen atoms in total. The number of amides is 1. The van der Waals surface area contributed by atoms with E-state index in [1.165, 1.54) is 40.0 Å². The number of alkyl halides is 3. The van der Waals surface area contributed by atoms with Crippen LogP contribution >= 0.6 is 0 Å². The average Bonchev–Trinajstić information content (AvgIpc) is 3.20. The number of halogens is 4. The van der Waals surface area contributed by atoms with Crippen molar-refractivity contribution in [3.8, 4) is 5.75 Å². The summed E-state index contributed by atoms with van der Waals surface area (Å²) in [5, 5.41) is 10.9. The van der Waals surface area contributed by atoms with Crippen LogP contribution in [0.3, 0.4) is 0 Å². The van der Waals surface area contributed by atoms with Gasteiger partial charge in [0.25, 0.3) is 0 Å². The van der Waals surface area contributed by atoms with Gasteiger partial charge in [-0.3, -0.25) is 9.69 Å². The van der Waals surface area contributed by atoms with Crippen LogP contribution in [0.25, 0.3) is 0 Å². The Hall–Kier alpha value is -1.87. The molecule has 2 heterocycles. The first-order valence-corrected chi connectivity index (χ1v) is 9.92. The second-order valence-corrected chi connectivity index (χ2v) is 9.08. The number of hydrogen-bond donors (Lipinski definition) is 1. The molecule has 3 rings (SSSR count). The second-order valence-electron chi connectivity index (χ2n) is 9.08. The van der Waals surface area contributed by atoms with Crippen LogP contribution in [-0.2, 0) is 10.2 Å². The minimum absolute atomic E-state index is 0.0902. The van der Waals surface area contributed by atoms with Crippen LogP contribution in [0.15, 0.2) is 18.2 Å². The summed E-state index contributed by atoms with van der Waals surface area (Å²) in [7, 11) is 1.37. The molecule has 168 valence electrons. The smallest absolute Gasteiger partial charge is 0.418 e. The van der Waals surface area contributed by atoms with E-state index >= 15 is 0 Å². The monoisotopic (exact) mass is 432 g/mol. The number of fused-ring (bicyclic) bond motifs is 2. The number of carbonyl (C=O) groups is 1. The maximum absolute atomic E-state index is 14.1. The first-order valence-electron chi connectivity index (χ1n) is 9.92. The third-order valence-electron chi connectivity index (χ3n) is 6.38. The van der Waals surface area contributed by atoms with Gasteiger partial charge in [-0.05, 0) is 36.5 Å². The summed E-state index contributed by atoms with van der Waals surface area (Å²) in [4.78, 5) is 15.0. The number of β-amino-alcohol motifs (C(OH)–C–C–N with tert-alkyl or cyclic N) is 1. The predicted octanol–water partition coefficient (Wildman–Crippen LogP) is 3.10. The minimum atomic E-state index is -4.88. The summed E-state index contributed by atoms with van der Waals surface area (Å²) in [6, 6.07) is 3.37. The highest BCUT2D eigenvalue weighted by atomic mass is 19.4. The summed E-state index contributed by atoms with van der Waals surface area (Å²) < 4.78 is 61.2. The van der Waals surface area contributed by atoms with Crippen LogP contribution in [0.1, 0.15) is 39.2 Å². The van der Waals surface area contributed by atoms with Gasteiger partial charge in [0.05, 0.1) is 7.11 Å². The molecule has 0 spiro atoms. The van der Waals surface area contributed by atoms with E-state index in [0.717, 1.165) is 6.07 Å². The van der Waals surface area contributed by atoms with Crippen molar-refractivity contribution in [3.05, 3.63) is 29.6 Å². The maximum atomic E-state index is 14.1. The van der Waals surface area contributed by atoms with Gasteiger partial charge in [0.15, 0.2) is 5.60 Å². The Balaban J connectivity index is 1.85. The van der Waals surface area contributed by atoms with Crippen molar-refractivity contribution in [1.82, 2.24) is 9.80 Å². The van der Waals surface area contributed by atoms with Crippen molar-refractivity contribution < 1.29 is 32.2 Å². The van der Waals surface area contributed by atoms with Crippen LogP contribution < -0.4 is 4.74 Å². The van der Waals surface area contributed by atoms with Crippen molar-refractivity contribution in [2.45, 2.75) is 62.9 Å². The summed E-state index contributed by atoms with van der Waals surface area (Å²) in [6.07, 6.45) is -4.94. The molecule has 3 atom stereocenters. The molecule has 2 saturated heterocycles. The molecule has 0 aliphatic carbocycles. The number of nitrogens with zero attached hydrogens (tertiary/aromatic N) is 2. The molecule has 2 bridgehead atoms. The summed E-state index contributed by atoms with van der Waals surface area (Å²) in [6.45, 7) is 4.60. The SMILES string of the molecule is COc1ccc(F)cc1C(C)(C)CC(O)(CN1C[C@H]2C[C@@H]1CN2C(C)=O)C(F)(F)F. The van der Waals surface area contributed by atoms with Gasteiger partial charge in [0.1, 0.15) is 11.6 Å². The molecule has 0 radical (unpaired) electrons. The van der Waals surface area contributed by atoms with Crippen molar-refractivity contribution in [2.24, 2.45) is 0 Å². The van der Waals surface area contributed by atoms with Crippen LogP contribution in [0.4, 0.5) is 17.6 Å². The van der Waals surface area contributed by atoms with Crippen LogP contribution in [0, 0.1) is 5.82 Å². The Morgan fingerprint density at radius 3 is 2.40 bits per heavy atom. The van der Waals surface area contributed by atoms with Crippen molar-refractivity contribution in [1.29, 1.82) is 0 Å². The zero-order chi connectivity index (χ0) is 22.5. The van der Waals surface area contributed by atoms with Gasteiger partial charge >= 0.3 is 6.18 Å². The number of ether oxygens (including phenoxy) is 1. The molecule has 1 amide bonds. The lowest BCUT2D eigenvalue weighted by atomic mass is 9.74. The number of piperazine rings is 1. The fraction of sp³-hybridized carbons (Fsp3) is 0.667. The third kappa shape index (κ3) is 4.14. The van der Waals surface area contributed by atoms with E-state index in [1.54, 1.807) is 9.80 Å². The second kappa shape index (κ2) is 7.67. The molecule has 2 fully saturated rings. The molecule has 0 aromatic heterocycles. The van der Waals surface area contributed by atoms with Gasteiger partial charge in [-0.1, -0.05) is 13.8 Å². The van der Waals surface area contributed by atoms with E-state index in [1.807, 2.05) is 0 Å². The van der Waals surface area contributed by atoms with E-state index in [4.69, 9.17) is 4.74 Å². The average molecular weight is 432 g/mol. The van der Waals surface area contributed by atoms with Gasteiger partial charge < -0.3 is 14.7 Å². The van der Waals surface area contributed by atoms with Crippen LogP contribution in [0.5, 0.6) is 5.75 Å². The Kier molecular flexibility index (Phi) is 5.83. The number of hydrogen-bond acceptors (Lipinski definition) is 4. The predicted molar refractivity (Wildman–Crippen MR) is 103 cm³/mol. The highest BCUT2D eigenvalue weighted by Crippen LogP contribution is 2.45. The topological polar surface area (TPSA) is 53.0 Å². The first kappa shape index (κ1) is 22.8. The van der Waals surface area contributed by atoms with E-state index < -0.39 is 36.0 Å². The fourth-order valence-corrected chi connectivity index (χ4v) is 4.95. The number of benzene rings is 1. The molecule has 1 N–H and O–H groups in total. The van der Waals surface area contributed by atoms with Gasteiger partial charge in [0.2, 0.25) is 5.91 Å². The fourth-order valence-electron chi connectivity index (χ4n) is 4.95. The third-order valence-corrected chi connectivity index (χ3v) is 6.38. The Morgan fingerprint density at radius 1 is 1.23 bits per heavy atom. The van der Waals surface area contributed by atoms with Crippen LogP contribution in [-0.4, -0.2) is 71.4 Å². The highest BCUT2D eigenvalue weighted by Gasteiger charge is 2.59. The van der Waals surface area contributed by atoms with Gasteiger partial charge in [-0.25, -0.2) is 4.39 Å². The Morgan fingerprint density at radius 2 is 1.90 bits per heavy atom. The van der Waals surface area contributed by atoms with E-state index in [0.29, 0.717) is 19.5 Å². The number of likely N-dealkylation sites (tertiary alicyclic amines) is 2. The molecule has 30 heavy (non-hydrogen) atoms. The van der Waals surface area contributed by atoms with Gasteiger partial charge in [0, 0.05) is 44.2 Å². The summed E-state index contributed by atoms with van der Waals surface area (Å²) in [5.41, 5.74) is -3.96. The van der Waals surface area contributed by atoms with Crippen molar-refractivity contribution >= 4 is 5.91 Å². The van der Waals surface area contributed by atoms with Crippen molar-refractivity contribution in [2.75, 3.05) is 26.7 Å². The van der Waals surface area contributed by atoms with Gasteiger partial charge in [-0.15, -0.1) is 0 Å². The lowest BCUT2D eigenvalue weighted by molar-refractivity contribution is -0.272. The lowest BCUT2D eigenvalue weighted by Crippen LogP contribution is -2.59. The molecule has 1 aromatic carbocycles. The normalized spacial score (nSPS) is 24.2. The van der Waals surface area contributed by atoms with E-state index in [-0.39, 0.29) is 29.3 Å².